The van der Waals surface area contributed by atoms with Crippen LogP contribution < -0.4 is 5.32 Å². The molecule has 0 unspecified atom stereocenters. The predicted molar refractivity (Wildman–Crippen MR) is 125 cm³/mol. The summed E-state index contributed by atoms with van der Waals surface area (Å²) < 4.78 is 15.5. The van der Waals surface area contributed by atoms with Crippen LogP contribution in [-0.2, 0) is 17.8 Å². The zero-order chi connectivity index (χ0) is 22.5. The number of nitriles is 1. The standard InChI is InChI=1S/C27H22FN3O/c1-2-19-6-9-25(10-7-19)30-27(32)23(17-29)15-20-8-11-26-22(14-20)12-13-31(26)18-21-4-3-5-24(28)16-21/h3-16H,2,18H2,1H3,(H,30,32)/b23-15+. The molecule has 0 spiro atoms. The second-order valence-electron chi connectivity index (χ2n) is 7.57. The summed E-state index contributed by atoms with van der Waals surface area (Å²) in [6.07, 6.45) is 4.45. The van der Waals surface area contributed by atoms with E-state index in [4.69, 9.17) is 0 Å². The molecule has 4 rings (SSSR count). The average molecular weight is 423 g/mol. The first-order valence-electron chi connectivity index (χ1n) is 10.4. The van der Waals surface area contributed by atoms with E-state index in [1.807, 2.05) is 71.4 Å². The SMILES string of the molecule is CCc1ccc(NC(=O)/C(C#N)=C/c2ccc3c(ccn3Cc3cccc(F)c3)c2)cc1. The molecule has 4 nitrogen and oxygen atoms in total. The Kier molecular flexibility index (Phi) is 6.14. The summed E-state index contributed by atoms with van der Waals surface area (Å²) in [7, 11) is 0. The first-order valence-corrected chi connectivity index (χ1v) is 10.4. The van der Waals surface area contributed by atoms with Crippen LogP contribution in [0.5, 0.6) is 0 Å². The number of nitrogens with one attached hydrogen (secondary N) is 1. The Bertz CT molecular complexity index is 1340. The van der Waals surface area contributed by atoms with Crippen LogP contribution >= 0.6 is 0 Å². The van der Waals surface area contributed by atoms with Crippen LogP contribution in [0.3, 0.4) is 0 Å². The molecule has 32 heavy (non-hydrogen) atoms. The van der Waals surface area contributed by atoms with Gasteiger partial charge in [0.1, 0.15) is 17.5 Å². The smallest absolute Gasteiger partial charge is 0.266 e. The number of aryl methyl sites for hydroxylation is 1. The van der Waals surface area contributed by atoms with Gasteiger partial charge >= 0.3 is 0 Å². The van der Waals surface area contributed by atoms with Gasteiger partial charge in [-0.15, -0.1) is 0 Å². The van der Waals surface area contributed by atoms with Crippen LogP contribution in [-0.4, -0.2) is 10.5 Å². The summed E-state index contributed by atoms with van der Waals surface area (Å²) in [5.41, 5.74) is 4.49. The monoisotopic (exact) mass is 423 g/mol. The van der Waals surface area contributed by atoms with Crippen molar-refractivity contribution in [2.24, 2.45) is 0 Å². The van der Waals surface area contributed by atoms with E-state index in [-0.39, 0.29) is 11.4 Å². The number of halogens is 1. The predicted octanol–water partition coefficient (Wildman–Crippen LogP) is 5.94. The van der Waals surface area contributed by atoms with Gasteiger partial charge < -0.3 is 9.88 Å². The number of nitrogens with zero attached hydrogens (tertiary/aromatic N) is 2. The van der Waals surface area contributed by atoms with Crippen molar-refractivity contribution in [2.75, 3.05) is 5.32 Å². The van der Waals surface area contributed by atoms with Crippen LogP contribution in [0.15, 0.2) is 84.6 Å². The van der Waals surface area contributed by atoms with Crippen molar-refractivity contribution < 1.29 is 9.18 Å². The molecule has 3 aromatic carbocycles. The van der Waals surface area contributed by atoms with Crippen LogP contribution in [0.25, 0.3) is 17.0 Å². The highest BCUT2D eigenvalue weighted by molar-refractivity contribution is 6.09. The fourth-order valence-corrected chi connectivity index (χ4v) is 3.62. The maximum Gasteiger partial charge on any atom is 0.266 e. The lowest BCUT2D eigenvalue weighted by molar-refractivity contribution is -0.112. The van der Waals surface area contributed by atoms with Gasteiger partial charge in [-0.05, 0) is 71.7 Å². The van der Waals surface area contributed by atoms with Crippen LogP contribution in [0.4, 0.5) is 10.1 Å². The van der Waals surface area contributed by atoms with E-state index in [1.165, 1.54) is 17.7 Å². The van der Waals surface area contributed by atoms with Gasteiger partial charge in [0.05, 0.1) is 0 Å². The number of aromatic nitrogens is 1. The maximum absolute atomic E-state index is 13.5. The summed E-state index contributed by atoms with van der Waals surface area (Å²) in [4.78, 5) is 12.6. The van der Waals surface area contributed by atoms with Crippen molar-refractivity contribution in [3.05, 3.63) is 107 Å². The number of fused-ring (bicyclic) bond motifs is 1. The molecule has 0 bridgehead atoms. The Morgan fingerprint density at radius 2 is 1.88 bits per heavy atom. The van der Waals surface area contributed by atoms with Crippen molar-refractivity contribution in [1.29, 1.82) is 5.26 Å². The molecule has 5 heteroatoms. The van der Waals surface area contributed by atoms with Crippen molar-refractivity contribution in [3.8, 4) is 6.07 Å². The van der Waals surface area contributed by atoms with Crippen molar-refractivity contribution in [1.82, 2.24) is 4.57 Å². The van der Waals surface area contributed by atoms with E-state index in [9.17, 15) is 14.4 Å². The molecule has 0 atom stereocenters. The van der Waals surface area contributed by atoms with E-state index < -0.39 is 5.91 Å². The van der Waals surface area contributed by atoms with Gasteiger partial charge in [-0.2, -0.15) is 5.26 Å². The normalized spacial score (nSPS) is 11.3. The third-order valence-electron chi connectivity index (χ3n) is 5.33. The van der Waals surface area contributed by atoms with Gasteiger partial charge in [0, 0.05) is 29.3 Å². The number of benzene rings is 3. The molecule has 0 saturated carbocycles. The molecule has 0 saturated heterocycles. The number of rotatable bonds is 6. The zero-order valence-electron chi connectivity index (χ0n) is 17.7. The van der Waals surface area contributed by atoms with E-state index in [0.717, 1.165) is 28.5 Å². The second kappa shape index (κ2) is 9.32. The van der Waals surface area contributed by atoms with Gasteiger partial charge in [-0.3, -0.25) is 4.79 Å². The minimum absolute atomic E-state index is 0.0307. The molecular weight excluding hydrogens is 401 g/mol. The van der Waals surface area contributed by atoms with Gasteiger partial charge in [0.15, 0.2) is 0 Å². The van der Waals surface area contributed by atoms with Crippen molar-refractivity contribution in [3.63, 3.8) is 0 Å². The molecule has 0 aliphatic carbocycles. The summed E-state index contributed by atoms with van der Waals surface area (Å²) in [5, 5.41) is 13.3. The van der Waals surface area contributed by atoms with Crippen LogP contribution in [0, 0.1) is 17.1 Å². The number of anilines is 1. The summed E-state index contributed by atoms with van der Waals surface area (Å²) in [6, 6.07) is 23.8. The second-order valence-corrected chi connectivity index (χ2v) is 7.57. The molecule has 0 aliphatic heterocycles. The molecule has 1 aromatic heterocycles. The third-order valence-corrected chi connectivity index (χ3v) is 5.33. The zero-order valence-corrected chi connectivity index (χ0v) is 17.7. The maximum atomic E-state index is 13.5. The minimum atomic E-state index is -0.444. The Balaban J connectivity index is 1.54. The molecule has 0 aliphatic rings. The van der Waals surface area contributed by atoms with Gasteiger partial charge in [0.25, 0.3) is 5.91 Å². The third kappa shape index (κ3) is 4.76. The van der Waals surface area contributed by atoms with Gasteiger partial charge in [0.2, 0.25) is 0 Å². The van der Waals surface area contributed by atoms with E-state index in [2.05, 4.69) is 12.2 Å². The van der Waals surface area contributed by atoms with Gasteiger partial charge in [-0.25, -0.2) is 4.39 Å². The lowest BCUT2D eigenvalue weighted by atomic mass is 10.1. The first-order chi connectivity index (χ1) is 15.6. The van der Waals surface area contributed by atoms with E-state index in [0.29, 0.717) is 12.2 Å². The van der Waals surface area contributed by atoms with E-state index in [1.54, 1.807) is 12.1 Å². The number of carbonyl (C=O) groups excluding carboxylic acids is 1. The fourth-order valence-electron chi connectivity index (χ4n) is 3.62. The van der Waals surface area contributed by atoms with E-state index >= 15 is 0 Å². The Labute approximate surface area is 186 Å². The Morgan fingerprint density at radius 3 is 2.59 bits per heavy atom. The molecule has 158 valence electrons. The summed E-state index contributed by atoms with van der Waals surface area (Å²) >= 11 is 0. The minimum Gasteiger partial charge on any atom is -0.343 e. The Hall–Kier alpha value is -4.17. The molecule has 0 radical (unpaired) electrons. The molecule has 1 amide bonds. The van der Waals surface area contributed by atoms with Crippen LogP contribution in [0.1, 0.15) is 23.6 Å². The molecule has 1 heterocycles. The summed E-state index contributed by atoms with van der Waals surface area (Å²) in [6.45, 7) is 2.62. The number of hydrogen-bond acceptors (Lipinski definition) is 2. The average Bonchev–Trinajstić information content (AvgIpc) is 3.19. The first kappa shape index (κ1) is 21.1. The lowest BCUT2D eigenvalue weighted by Gasteiger charge is -2.07. The quantitative estimate of drug-likeness (QED) is 0.308. The highest BCUT2D eigenvalue weighted by Crippen LogP contribution is 2.21. The van der Waals surface area contributed by atoms with Crippen LogP contribution in [0.2, 0.25) is 0 Å². The fraction of sp³-hybridized carbons (Fsp3) is 0.111. The highest BCUT2D eigenvalue weighted by Gasteiger charge is 2.10. The molecular formula is C27H22FN3O. The highest BCUT2D eigenvalue weighted by atomic mass is 19.1. The number of amides is 1. The topological polar surface area (TPSA) is 57.8 Å². The Morgan fingerprint density at radius 1 is 1.06 bits per heavy atom. The van der Waals surface area contributed by atoms with Crippen molar-refractivity contribution in [2.45, 2.75) is 19.9 Å². The molecule has 1 N–H and O–H groups in total. The largest absolute Gasteiger partial charge is 0.343 e. The summed E-state index contributed by atoms with van der Waals surface area (Å²) in [5.74, 6) is -0.699. The van der Waals surface area contributed by atoms with Crippen molar-refractivity contribution >= 4 is 28.6 Å². The molecule has 0 fully saturated rings. The number of carbonyl (C=O) groups is 1. The molecule has 4 aromatic rings. The lowest BCUT2D eigenvalue weighted by Crippen LogP contribution is -2.13. The number of hydrogen-bond donors (Lipinski definition) is 1. The van der Waals surface area contributed by atoms with Gasteiger partial charge in [-0.1, -0.05) is 37.3 Å².